The number of halogens is 1. The van der Waals surface area contributed by atoms with Crippen LogP contribution in [-0.2, 0) is 9.59 Å². The van der Waals surface area contributed by atoms with E-state index in [1.54, 1.807) is 80.6 Å². The van der Waals surface area contributed by atoms with Gasteiger partial charge in [0, 0.05) is 11.4 Å². The van der Waals surface area contributed by atoms with Crippen LogP contribution in [0.25, 0.3) is 0 Å². The zero-order chi connectivity index (χ0) is 23.8. The van der Waals surface area contributed by atoms with E-state index in [-0.39, 0.29) is 11.8 Å². The van der Waals surface area contributed by atoms with Gasteiger partial charge in [-0.25, -0.2) is 0 Å². The van der Waals surface area contributed by atoms with E-state index >= 15 is 0 Å². The van der Waals surface area contributed by atoms with Crippen LogP contribution >= 0.6 is 11.6 Å². The topological polar surface area (TPSA) is 85.9 Å². The molecule has 0 aromatic heterocycles. The van der Waals surface area contributed by atoms with Crippen molar-refractivity contribution >= 4 is 34.8 Å². The Kier molecular flexibility index (Phi) is 8.16. The molecule has 3 aromatic rings. The number of hydrogen-bond donors (Lipinski definition) is 2. The maximum atomic E-state index is 12.5. The van der Waals surface area contributed by atoms with Gasteiger partial charge in [0.15, 0.2) is 23.7 Å². The van der Waals surface area contributed by atoms with Gasteiger partial charge in [-0.1, -0.05) is 35.9 Å². The van der Waals surface area contributed by atoms with Gasteiger partial charge in [0.2, 0.25) is 0 Å². The summed E-state index contributed by atoms with van der Waals surface area (Å²) in [6.07, 6.45) is -1.50. The number of amides is 2. The Labute approximate surface area is 197 Å². The summed E-state index contributed by atoms with van der Waals surface area (Å²) in [6, 6.07) is 20.8. The summed E-state index contributed by atoms with van der Waals surface area (Å²) in [5.41, 5.74) is 1.12. The maximum absolute atomic E-state index is 12.5. The summed E-state index contributed by atoms with van der Waals surface area (Å²) in [5, 5.41) is 5.99. The molecule has 0 bridgehead atoms. The van der Waals surface area contributed by atoms with Crippen molar-refractivity contribution in [3.8, 4) is 17.2 Å². The molecule has 172 valence electrons. The fraction of sp³-hybridized carbons (Fsp3) is 0.200. The van der Waals surface area contributed by atoms with Crippen LogP contribution in [0.5, 0.6) is 17.2 Å². The van der Waals surface area contributed by atoms with Crippen LogP contribution in [0.1, 0.15) is 13.8 Å². The second kappa shape index (κ2) is 11.2. The molecule has 0 aliphatic heterocycles. The van der Waals surface area contributed by atoms with E-state index in [1.165, 1.54) is 7.11 Å². The molecule has 0 aliphatic carbocycles. The zero-order valence-electron chi connectivity index (χ0n) is 18.5. The van der Waals surface area contributed by atoms with E-state index in [0.717, 1.165) is 0 Å². The molecule has 0 spiro atoms. The number of hydrogen-bond acceptors (Lipinski definition) is 5. The predicted molar refractivity (Wildman–Crippen MR) is 128 cm³/mol. The molecule has 3 aromatic carbocycles. The highest BCUT2D eigenvalue weighted by Crippen LogP contribution is 2.27. The number of para-hydroxylation sites is 3. The number of carbonyl (C=O) groups is 2. The van der Waals surface area contributed by atoms with Crippen LogP contribution in [0.15, 0.2) is 72.8 Å². The minimum absolute atomic E-state index is 0.320. The average molecular weight is 469 g/mol. The van der Waals surface area contributed by atoms with Crippen molar-refractivity contribution < 1.29 is 23.8 Å². The molecule has 2 unspecified atom stereocenters. The van der Waals surface area contributed by atoms with Crippen LogP contribution in [0.4, 0.5) is 11.4 Å². The molecule has 0 saturated carbocycles. The van der Waals surface area contributed by atoms with Crippen molar-refractivity contribution in [1.82, 2.24) is 0 Å². The van der Waals surface area contributed by atoms with E-state index in [1.807, 2.05) is 6.07 Å². The van der Waals surface area contributed by atoms with Crippen molar-refractivity contribution in [1.29, 1.82) is 0 Å². The van der Waals surface area contributed by atoms with Crippen molar-refractivity contribution in [3.63, 3.8) is 0 Å². The van der Waals surface area contributed by atoms with Crippen LogP contribution in [0.3, 0.4) is 0 Å². The Balaban J connectivity index is 1.53. The Morgan fingerprint density at radius 1 is 0.697 bits per heavy atom. The monoisotopic (exact) mass is 468 g/mol. The summed E-state index contributed by atoms with van der Waals surface area (Å²) in [6.45, 7) is 3.28. The SMILES string of the molecule is COc1ccccc1OC(C)C(=O)Nc1ccc(NC(=O)C(C)Oc2ccccc2Cl)cc1. The Morgan fingerprint density at radius 3 is 1.61 bits per heavy atom. The van der Waals surface area contributed by atoms with Gasteiger partial charge in [-0.05, 0) is 62.4 Å². The van der Waals surface area contributed by atoms with Gasteiger partial charge in [0.05, 0.1) is 12.1 Å². The van der Waals surface area contributed by atoms with E-state index in [0.29, 0.717) is 33.6 Å². The highest BCUT2D eigenvalue weighted by atomic mass is 35.5. The molecule has 0 heterocycles. The third kappa shape index (κ3) is 6.63. The van der Waals surface area contributed by atoms with Crippen LogP contribution < -0.4 is 24.8 Å². The minimum Gasteiger partial charge on any atom is -0.493 e. The first-order valence-electron chi connectivity index (χ1n) is 10.3. The molecular weight excluding hydrogens is 444 g/mol. The van der Waals surface area contributed by atoms with Crippen LogP contribution in [0.2, 0.25) is 5.02 Å². The Bertz CT molecular complexity index is 1100. The fourth-order valence-electron chi connectivity index (χ4n) is 2.87. The number of benzene rings is 3. The third-order valence-electron chi connectivity index (χ3n) is 4.67. The van der Waals surface area contributed by atoms with Crippen LogP contribution in [-0.4, -0.2) is 31.1 Å². The van der Waals surface area contributed by atoms with Crippen LogP contribution in [0, 0.1) is 0 Å². The number of ether oxygens (including phenoxy) is 3. The van der Waals surface area contributed by atoms with Gasteiger partial charge >= 0.3 is 0 Å². The number of anilines is 2. The molecule has 0 aliphatic rings. The third-order valence-corrected chi connectivity index (χ3v) is 4.98. The molecule has 0 radical (unpaired) electrons. The van der Waals surface area contributed by atoms with Gasteiger partial charge in [-0.15, -0.1) is 0 Å². The number of nitrogens with one attached hydrogen (secondary N) is 2. The fourth-order valence-corrected chi connectivity index (χ4v) is 3.05. The highest BCUT2D eigenvalue weighted by molar-refractivity contribution is 6.32. The van der Waals surface area contributed by atoms with Crippen molar-refractivity contribution in [2.75, 3.05) is 17.7 Å². The van der Waals surface area contributed by atoms with Gasteiger partial charge in [-0.3, -0.25) is 9.59 Å². The summed E-state index contributed by atoms with van der Waals surface area (Å²) >= 11 is 6.07. The molecule has 8 heteroatoms. The first-order valence-corrected chi connectivity index (χ1v) is 10.7. The molecular formula is C25H25ClN2O5. The first kappa shape index (κ1) is 23.9. The second-order valence-electron chi connectivity index (χ2n) is 7.16. The van der Waals surface area contributed by atoms with E-state index in [9.17, 15) is 9.59 Å². The second-order valence-corrected chi connectivity index (χ2v) is 7.56. The highest BCUT2D eigenvalue weighted by Gasteiger charge is 2.18. The molecule has 2 amide bonds. The maximum Gasteiger partial charge on any atom is 0.265 e. The largest absolute Gasteiger partial charge is 0.493 e. The van der Waals surface area contributed by atoms with E-state index < -0.39 is 12.2 Å². The van der Waals surface area contributed by atoms with Gasteiger partial charge in [-0.2, -0.15) is 0 Å². The standard InChI is InChI=1S/C25H25ClN2O5/c1-16(32-21-9-5-4-8-20(21)26)24(29)27-18-12-14-19(15-13-18)28-25(30)17(2)33-23-11-7-6-10-22(23)31-3/h4-17H,1-3H3,(H,27,29)(H,28,30). The quantitative estimate of drug-likeness (QED) is 0.453. The van der Waals surface area contributed by atoms with Gasteiger partial charge in [0.1, 0.15) is 5.75 Å². The Morgan fingerprint density at radius 2 is 1.12 bits per heavy atom. The molecule has 0 saturated heterocycles. The van der Waals surface area contributed by atoms with Crippen molar-refractivity contribution in [2.45, 2.75) is 26.1 Å². The zero-order valence-corrected chi connectivity index (χ0v) is 19.3. The lowest BCUT2D eigenvalue weighted by Gasteiger charge is -2.17. The van der Waals surface area contributed by atoms with E-state index in [4.69, 9.17) is 25.8 Å². The van der Waals surface area contributed by atoms with Crippen molar-refractivity contribution in [3.05, 3.63) is 77.8 Å². The minimum atomic E-state index is -0.753. The van der Waals surface area contributed by atoms with Gasteiger partial charge < -0.3 is 24.8 Å². The summed E-state index contributed by atoms with van der Waals surface area (Å²) in [7, 11) is 1.54. The summed E-state index contributed by atoms with van der Waals surface area (Å²) in [4.78, 5) is 24.9. The molecule has 33 heavy (non-hydrogen) atoms. The van der Waals surface area contributed by atoms with E-state index in [2.05, 4.69) is 10.6 Å². The number of methoxy groups -OCH3 is 1. The van der Waals surface area contributed by atoms with Gasteiger partial charge in [0.25, 0.3) is 11.8 Å². The summed E-state index contributed by atoms with van der Waals surface area (Å²) in [5.74, 6) is 0.813. The predicted octanol–water partition coefficient (Wildman–Crippen LogP) is 5.16. The first-order chi connectivity index (χ1) is 15.9. The lowest BCUT2D eigenvalue weighted by Crippen LogP contribution is -2.30. The molecule has 0 fully saturated rings. The van der Waals surface area contributed by atoms with Crippen molar-refractivity contribution in [2.24, 2.45) is 0 Å². The average Bonchev–Trinajstić information content (AvgIpc) is 2.82. The molecule has 2 N–H and O–H groups in total. The normalized spacial score (nSPS) is 12.2. The number of rotatable bonds is 9. The molecule has 7 nitrogen and oxygen atoms in total. The smallest absolute Gasteiger partial charge is 0.265 e. The summed E-state index contributed by atoms with van der Waals surface area (Å²) < 4.78 is 16.6. The Hall–Kier alpha value is -3.71. The molecule has 3 rings (SSSR count). The lowest BCUT2D eigenvalue weighted by atomic mass is 10.2. The number of carbonyl (C=O) groups excluding carboxylic acids is 2. The molecule has 2 atom stereocenters. The lowest BCUT2D eigenvalue weighted by molar-refractivity contribution is -0.122.